The summed E-state index contributed by atoms with van der Waals surface area (Å²) in [6, 6.07) is 1.91. The topological polar surface area (TPSA) is 20.3 Å². The molecule has 0 unspecified atom stereocenters. The van der Waals surface area contributed by atoms with Gasteiger partial charge < -0.3 is 4.90 Å². The number of hydrogen-bond acceptors (Lipinski definition) is 2. The first-order valence-electron chi connectivity index (χ1n) is 5.51. The van der Waals surface area contributed by atoms with Crippen LogP contribution in [0.5, 0.6) is 0 Å². The lowest BCUT2D eigenvalue weighted by atomic mass is 9.84. The van der Waals surface area contributed by atoms with Crippen molar-refractivity contribution in [1.82, 2.24) is 4.90 Å². The average molecular weight is 302 g/mol. The number of likely N-dealkylation sites (tertiary alicyclic amines) is 1. The van der Waals surface area contributed by atoms with Crippen molar-refractivity contribution in [2.24, 2.45) is 5.41 Å². The van der Waals surface area contributed by atoms with E-state index in [1.807, 2.05) is 16.3 Å². The number of carbonyl (C=O) groups excluding carboxylic acids is 1. The van der Waals surface area contributed by atoms with E-state index in [9.17, 15) is 4.79 Å². The molecule has 0 aliphatic carbocycles. The molecule has 88 valence electrons. The fraction of sp³-hybridized carbons (Fsp3) is 0.583. The highest BCUT2D eigenvalue weighted by Gasteiger charge is 2.29. The SMILES string of the molecule is CC1(C)CCCN(C(=O)c2csc(Br)c2)C1. The zero-order chi connectivity index (χ0) is 11.8. The summed E-state index contributed by atoms with van der Waals surface area (Å²) >= 11 is 4.96. The molecule has 0 saturated carbocycles. The minimum atomic E-state index is 0.176. The molecule has 1 amide bonds. The van der Waals surface area contributed by atoms with E-state index in [0.717, 1.165) is 28.9 Å². The molecule has 1 aliphatic rings. The molecule has 1 aromatic heterocycles. The van der Waals surface area contributed by atoms with Gasteiger partial charge in [0, 0.05) is 18.5 Å². The molecule has 0 aromatic carbocycles. The highest BCUT2D eigenvalue weighted by Crippen LogP contribution is 2.30. The molecule has 4 heteroatoms. The Bertz CT molecular complexity index is 399. The Morgan fingerprint density at radius 1 is 1.56 bits per heavy atom. The maximum absolute atomic E-state index is 12.2. The van der Waals surface area contributed by atoms with E-state index in [1.54, 1.807) is 11.3 Å². The van der Waals surface area contributed by atoms with E-state index in [-0.39, 0.29) is 11.3 Å². The summed E-state index contributed by atoms with van der Waals surface area (Å²) in [7, 11) is 0. The lowest BCUT2D eigenvalue weighted by molar-refractivity contribution is 0.0584. The highest BCUT2D eigenvalue weighted by molar-refractivity contribution is 9.11. The number of amides is 1. The summed E-state index contributed by atoms with van der Waals surface area (Å²) < 4.78 is 1.02. The van der Waals surface area contributed by atoms with Gasteiger partial charge in [-0.25, -0.2) is 0 Å². The Labute approximate surface area is 109 Å². The van der Waals surface area contributed by atoms with Crippen LogP contribution >= 0.6 is 27.3 Å². The predicted octanol–water partition coefficient (Wildman–Crippen LogP) is 3.77. The average Bonchev–Trinajstić information content (AvgIpc) is 2.62. The maximum Gasteiger partial charge on any atom is 0.254 e. The van der Waals surface area contributed by atoms with E-state index < -0.39 is 0 Å². The van der Waals surface area contributed by atoms with Crippen molar-refractivity contribution in [3.05, 3.63) is 20.8 Å². The predicted molar refractivity (Wildman–Crippen MR) is 70.9 cm³/mol. The van der Waals surface area contributed by atoms with Gasteiger partial charge in [0.15, 0.2) is 0 Å². The molecule has 0 atom stereocenters. The number of carbonyl (C=O) groups is 1. The molecule has 0 spiro atoms. The third kappa shape index (κ3) is 2.66. The molecule has 2 rings (SSSR count). The van der Waals surface area contributed by atoms with E-state index in [4.69, 9.17) is 0 Å². The first-order chi connectivity index (χ1) is 7.48. The summed E-state index contributed by atoms with van der Waals surface area (Å²) in [6.45, 7) is 6.24. The van der Waals surface area contributed by atoms with E-state index in [2.05, 4.69) is 29.8 Å². The summed E-state index contributed by atoms with van der Waals surface area (Å²) in [5, 5.41) is 1.92. The van der Waals surface area contributed by atoms with E-state index >= 15 is 0 Å². The van der Waals surface area contributed by atoms with Crippen LogP contribution in [0, 0.1) is 5.41 Å². The van der Waals surface area contributed by atoms with Crippen molar-refractivity contribution in [3.8, 4) is 0 Å². The van der Waals surface area contributed by atoms with Crippen LogP contribution in [0.1, 0.15) is 37.0 Å². The molecule has 16 heavy (non-hydrogen) atoms. The van der Waals surface area contributed by atoms with Crippen LogP contribution in [0.25, 0.3) is 0 Å². The van der Waals surface area contributed by atoms with Crippen LogP contribution in [-0.4, -0.2) is 23.9 Å². The van der Waals surface area contributed by atoms with Gasteiger partial charge >= 0.3 is 0 Å². The summed E-state index contributed by atoms with van der Waals surface area (Å²) in [4.78, 5) is 14.2. The second-order valence-corrected chi connectivity index (χ2v) is 7.42. The summed E-state index contributed by atoms with van der Waals surface area (Å²) in [5.41, 5.74) is 1.08. The van der Waals surface area contributed by atoms with E-state index in [1.165, 1.54) is 6.42 Å². The maximum atomic E-state index is 12.2. The first-order valence-corrected chi connectivity index (χ1v) is 7.18. The van der Waals surface area contributed by atoms with Gasteiger partial charge in [0.2, 0.25) is 0 Å². The van der Waals surface area contributed by atoms with Crippen LogP contribution in [0.2, 0.25) is 0 Å². The van der Waals surface area contributed by atoms with Crippen molar-refractivity contribution in [2.75, 3.05) is 13.1 Å². The lowest BCUT2D eigenvalue weighted by Crippen LogP contribution is -2.43. The Morgan fingerprint density at radius 3 is 2.88 bits per heavy atom. The molecule has 0 N–H and O–H groups in total. The lowest BCUT2D eigenvalue weighted by Gasteiger charge is -2.37. The standard InChI is InChI=1S/C12H16BrNOS/c1-12(2)4-3-5-14(8-12)11(15)9-6-10(13)16-7-9/h6-7H,3-5,8H2,1-2H3. The highest BCUT2D eigenvalue weighted by atomic mass is 79.9. The fourth-order valence-electron chi connectivity index (χ4n) is 2.20. The molecule has 1 aromatic rings. The minimum absolute atomic E-state index is 0.176. The summed E-state index contributed by atoms with van der Waals surface area (Å²) in [5.74, 6) is 0.176. The zero-order valence-corrected chi connectivity index (χ0v) is 12.0. The molecule has 1 saturated heterocycles. The third-order valence-corrected chi connectivity index (χ3v) is 4.51. The number of piperidine rings is 1. The quantitative estimate of drug-likeness (QED) is 0.773. The number of thiophene rings is 1. The fourth-order valence-corrected chi connectivity index (χ4v) is 3.33. The van der Waals surface area contributed by atoms with Gasteiger partial charge in [-0.2, -0.15) is 0 Å². The molecule has 1 fully saturated rings. The van der Waals surface area contributed by atoms with Crippen LogP contribution in [0.4, 0.5) is 0 Å². The van der Waals surface area contributed by atoms with Gasteiger partial charge in [0.1, 0.15) is 0 Å². The zero-order valence-electron chi connectivity index (χ0n) is 9.62. The Kier molecular flexibility index (Phi) is 3.40. The van der Waals surface area contributed by atoms with E-state index in [0.29, 0.717) is 0 Å². The molecule has 0 bridgehead atoms. The van der Waals surface area contributed by atoms with Crippen LogP contribution in [0.15, 0.2) is 15.2 Å². The monoisotopic (exact) mass is 301 g/mol. The van der Waals surface area contributed by atoms with Gasteiger partial charge in [0.05, 0.1) is 9.35 Å². The third-order valence-electron chi connectivity index (χ3n) is 3.00. The van der Waals surface area contributed by atoms with Gasteiger partial charge in [-0.1, -0.05) is 13.8 Å². The molecule has 2 nitrogen and oxygen atoms in total. The molecule has 2 heterocycles. The number of hydrogen-bond donors (Lipinski definition) is 0. The van der Waals surface area contributed by atoms with Gasteiger partial charge in [-0.15, -0.1) is 11.3 Å². The van der Waals surface area contributed by atoms with Gasteiger partial charge in [-0.05, 0) is 40.3 Å². The second kappa shape index (κ2) is 4.49. The van der Waals surface area contributed by atoms with Crippen molar-refractivity contribution in [1.29, 1.82) is 0 Å². The Morgan fingerprint density at radius 2 is 2.31 bits per heavy atom. The molecule has 0 radical (unpaired) electrons. The van der Waals surface area contributed by atoms with Crippen molar-refractivity contribution < 1.29 is 4.79 Å². The molecular formula is C12H16BrNOS. The number of rotatable bonds is 1. The van der Waals surface area contributed by atoms with Crippen LogP contribution in [0.3, 0.4) is 0 Å². The second-order valence-electron chi connectivity index (χ2n) is 5.13. The van der Waals surface area contributed by atoms with Crippen molar-refractivity contribution in [2.45, 2.75) is 26.7 Å². The van der Waals surface area contributed by atoms with Gasteiger partial charge in [-0.3, -0.25) is 4.79 Å². The smallest absolute Gasteiger partial charge is 0.254 e. The van der Waals surface area contributed by atoms with Crippen molar-refractivity contribution in [3.63, 3.8) is 0 Å². The van der Waals surface area contributed by atoms with Gasteiger partial charge in [0.25, 0.3) is 5.91 Å². The summed E-state index contributed by atoms with van der Waals surface area (Å²) in [6.07, 6.45) is 2.33. The Hall–Kier alpha value is -0.350. The minimum Gasteiger partial charge on any atom is -0.338 e. The molecule has 1 aliphatic heterocycles. The molecular weight excluding hydrogens is 286 g/mol. The van der Waals surface area contributed by atoms with Crippen molar-refractivity contribution >= 4 is 33.2 Å². The normalized spacial score (nSPS) is 19.8. The largest absolute Gasteiger partial charge is 0.338 e. The number of halogens is 1. The van der Waals surface area contributed by atoms with Crippen LogP contribution < -0.4 is 0 Å². The first kappa shape index (κ1) is 12.1. The number of nitrogens with zero attached hydrogens (tertiary/aromatic N) is 1. The Balaban J connectivity index is 2.10. The van der Waals surface area contributed by atoms with Crippen LogP contribution in [-0.2, 0) is 0 Å².